The number of aliphatic imine (C=N–C) groups is 1. The van der Waals surface area contributed by atoms with Gasteiger partial charge in [-0.3, -0.25) is 0 Å². The van der Waals surface area contributed by atoms with Gasteiger partial charge in [-0.15, -0.1) is 24.0 Å². The Balaban J connectivity index is 0.00000300. The SMILES string of the molecule is CCc1cccc(CC)c1NC(N)=NCc1ccc(N2CCOC(C)C2)nc1.I. The predicted octanol–water partition coefficient (Wildman–Crippen LogP) is 3.98. The minimum absolute atomic E-state index is 0. The molecule has 1 saturated heterocycles. The van der Waals surface area contributed by atoms with E-state index in [4.69, 9.17) is 10.5 Å². The number of aryl methyl sites for hydroxylation is 2. The molecule has 1 unspecified atom stereocenters. The van der Waals surface area contributed by atoms with Crippen molar-refractivity contribution in [1.82, 2.24) is 4.98 Å². The van der Waals surface area contributed by atoms with Crippen molar-refractivity contribution in [2.75, 3.05) is 29.9 Å². The molecule has 3 N–H and O–H groups in total. The van der Waals surface area contributed by atoms with Gasteiger partial charge in [0.15, 0.2) is 5.96 Å². The summed E-state index contributed by atoms with van der Waals surface area (Å²) in [5.41, 5.74) is 10.8. The van der Waals surface area contributed by atoms with E-state index in [1.807, 2.05) is 12.3 Å². The number of hydrogen-bond donors (Lipinski definition) is 2. The molecule has 0 spiro atoms. The van der Waals surface area contributed by atoms with E-state index >= 15 is 0 Å². The second-order valence-electron chi connectivity index (χ2n) is 7.14. The van der Waals surface area contributed by atoms with Crippen LogP contribution in [0.25, 0.3) is 0 Å². The molecule has 7 heteroatoms. The molecule has 0 amide bonds. The fraction of sp³-hybridized carbons (Fsp3) is 0.455. The summed E-state index contributed by atoms with van der Waals surface area (Å²) in [7, 11) is 0. The molecule has 6 nitrogen and oxygen atoms in total. The normalized spacial score (nSPS) is 17.0. The molecule has 3 rings (SSSR count). The van der Waals surface area contributed by atoms with Crippen LogP contribution >= 0.6 is 24.0 Å². The Morgan fingerprint density at radius 1 is 1.24 bits per heavy atom. The lowest BCUT2D eigenvalue weighted by atomic mass is 10.0. The van der Waals surface area contributed by atoms with Gasteiger partial charge in [0.1, 0.15) is 5.82 Å². The molecule has 1 aliphatic heterocycles. The van der Waals surface area contributed by atoms with Crippen LogP contribution in [0.15, 0.2) is 41.5 Å². The summed E-state index contributed by atoms with van der Waals surface area (Å²) in [5.74, 6) is 1.42. The lowest BCUT2D eigenvalue weighted by molar-refractivity contribution is 0.0529. The number of nitrogens with two attached hydrogens (primary N) is 1. The van der Waals surface area contributed by atoms with Gasteiger partial charge in [-0.05, 0) is 42.5 Å². The van der Waals surface area contributed by atoms with Gasteiger partial charge in [0.2, 0.25) is 0 Å². The van der Waals surface area contributed by atoms with Gasteiger partial charge >= 0.3 is 0 Å². The van der Waals surface area contributed by atoms with E-state index < -0.39 is 0 Å². The molecule has 2 heterocycles. The first-order chi connectivity index (χ1) is 13.6. The number of hydrogen-bond acceptors (Lipinski definition) is 4. The quantitative estimate of drug-likeness (QED) is 0.350. The van der Waals surface area contributed by atoms with E-state index in [0.717, 1.165) is 49.6 Å². The third-order valence-corrected chi connectivity index (χ3v) is 5.06. The maximum atomic E-state index is 6.16. The topological polar surface area (TPSA) is 75.8 Å². The molecule has 1 fully saturated rings. The summed E-state index contributed by atoms with van der Waals surface area (Å²) >= 11 is 0. The standard InChI is InChI=1S/C22H31N5O.HI/c1-4-18-7-6-8-19(5-2)21(18)26-22(23)25-14-17-9-10-20(24-13-17)27-11-12-28-16(3)15-27;/h6-10,13,16H,4-5,11-12,14-15H2,1-3H3,(H3,23,25,26);1H. The molecular formula is C22H32IN5O. The second-order valence-corrected chi connectivity index (χ2v) is 7.14. The van der Waals surface area contributed by atoms with Crippen LogP contribution in [0.2, 0.25) is 0 Å². The number of ether oxygens (including phenoxy) is 1. The minimum atomic E-state index is 0. The van der Waals surface area contributed by atoms with E-state index in [1.165, 1.54) is 11.1 Å². The average molecular weight is 509 g/mol. The number of benzene rings is 1. The van der Waals surface area contributed by atoms with E-state index in [1.54, 1.807) is 0 Å². The van der Waals surface area contributed by atoms with Gasteiger partial charge in [0.05, 0.1) is 19.3 Å². The van der Waals surface area contributed by atoms with Crippen LogP contribution in [-0.2, 0) is 24.1 Å². The molecule has 2 aromatic rings. The smallest absolute Gasteiger partial charge is 0.193 e. The lowest BCUT2D eigenvalue weighted by Crippen LogP contribution is -2.41. The third kappa shape index (κ3) is 6.30. The first-order valence-electron chi connectivity index (χ1n) is 10.1. The number of anilines is 2. The van der Waals surface area contributed by atoms with Crippen LogP contribution in [0.4, 0.5) is 11.5 Å². The number of nitrogens with one attached hydrogen (secondary N) is 1. The molecule has 1 aromatic carbocycles. The largest absolute Gasteiger partial charge is 0.375 e. The van der Waals surface area contributed by atoms with Crippen molar-refractivity contribution in [2.24, 2.45) is 10.7 Å². The molecular weight excluding hydrogens is 477 g/mol. The first-order valence-corrected chi connectivity index (χ1v) is 10.1. The van der Waals surface area contributed by atoms with Gasteiger partial charge < -0.3 is 20.7 Å². The third-order valence-electron chi connectivity index (χ3n) is 5.06. The highest BCUT2D eigenvalue weighted by Gasteiger charge is 2.17. The van der Waals surface area contributed by atoms with Crippen LogP contribution in [0.1, 0.15) is 37.5 Å². The van der Waals surface area contributed by atoms with Gasteiger partial charge in [0, 0.05) is 25.0 Å². The van der Waals surface area contributed by atoms with Crippen molar-refractivity contribution in [3.63, 3.8) is 0 Å². The van der Waals surface area contributed by atoms with Gasteiger partial charge in [-0.2, -0.15) is 0 Å². The maximum absolute atomic E-state index is 6.16. The monoisotopic (exact) mass is 509 g/mol. The summed E-state index contributed by atoms with van der Waals surface area (Å²) in [6.07, 6.45) is 4.03. The van der Waals surface area contributed by atoms with E-state index in [2.05, 4.69) is 65.2 Å². The van der Waals surface area contributed by atoms with Crippen LogP contribution in [0, 0.1) is 0 Å². The predicted molar refractivity (Wildman–Crippen MR) is 131 cm³/mol. The molecule has 0 radical (unpaired) electrons. The molecule has 29 heavy (non-hydrogen) atoms. The Morgan fingerprint density at radius 3 is 2.55 bits per heavy atom. The number of morpholine rings is 1. The van der Waals surface area contributed by atoms with Crippen LogP contribution in [0.5, 0.6) is 0 Å². The van der Waals surface area contributed by atoms with Crippen molar-refractivity contribution < 1.29 is 4.74 Å². The molecule has 1 atom stereocenters. The first kappa shape index (κ1) is 23.4. The summed E-state index contributed by atoms with van der Waals surface area (Å²) < 4.78 is 5.59. The van der Waals surface area contributed by atoms with E-state index in [-0.39, 0.29) is 30.1 Å². The zero-order valence-corrected chi connectivity index (χ0v) is 19.8. The molecule has 0 bridgehead atoms. The molecule has 0 saturated carbocycles. The highest BCUT2D eigenvalue weighted by atomic mass is 127. The Hall–Kier alpha value is -1.87. The molecule has 0 aliphatic carbocycles. The Morgan fingerprint density at radius 2 is 1.97 bits per heavy atom. The van der Waals surface area contributed by atoms with Crippen LogP contribution < -0.4 is 16.0 Å². The van der Waals surface area contributed by atoms with E-state index in [9.17, 15) is 0 Å². The van der Waals surface area contributed by atoms with Crippen molar-refractivity contribution in [1.29, 1.82) is 0 Å². The van der Waals surface area contributed by atoms with Gasteiger partial charge in [-0.25, -0.2) is 9.98 Å². The van der Waals surface area contributed by atoms with Crippen molar-refractivity contribution in [2.45, 2.75) is 46.3 Å². The highest BCUT2D eigenvalue weighted by molar-refractivity contribution is 14.0. The number of para-hydroxylation sites is 1. The lowest BCUT2D eigenvalue weighted by Gasteiger charge is -2.32. The fourth-order valence-corrected chi connectivity index (χ4v) is 3.47. The Bertz CT molecular complexity index is 787. The molecule has 158 valence electrons. The fourth-order valence-electron chi connectivity index (χ4n) is 3.47. The van der Waals surface area contributed by atoms with Gasteiger partial charge in [-0.1, -0.05) is 38.1 Å². The second kappa shape index (κ2) is 11.3. The minimum Gasteiger partial charge on any atom is -0.375 e. The van der Waals surface area contributed by atoms with Crippen molar-refractivity contribution >= 4 is 41.4 Å². The summed E-state index contributed by atoms with van der Waals surface area (Å²) in [6, 6.07) is 10.5. The summed E-state index contributed by atoms with van der Waals surface area (Å²) in [6.45, 7) is 9.38. The number of nitrogens with zero attached hydrogens (tertiary/aromatic N) is 3. The van der Waals surface area contributed by atoms with E-state index in [0.29, 0.717) is 12.5 Å². The maximum Gasteiger partial charge on any atom is 0.193 e. The van der Waals surface area contributed by atoms with Crippen LogP contribution in [-0.4, -0.2) is 36.7 Å². The summed E-state index contributed by atoms with van der Waals surface area (Å²) in [5, 5.41) is 3.30. The van der Waals surface area contributed by atoms with Crippen molar-refractivity contribution in [3.05, 3.63) is 53.2 Å². The zero-order valence-electron chi connectivity index (χ0n) is 17.5. The summed E-state index contributed by atoms with van der Waals surface area (Å²) in [4.78, 5) is 11.4. The number of guanidine groups is 1. The average Bonchev–Trinajstić information content (AvgIpc) is 2.72. The number of halogens is 1. The molecule has 1 aromatic heterocycles. The number of pyridine rings is 1. The van der Waals surface area contributed by atoms with Crippen LogP contribution in [0.3, 0.4) is 0 Å². The van der Waals surface area contributed by atoms with Gasteiger partial charge in [0.25, 0.3) is 0 Å². The van der Waals surface area contributed by atoms with Crippen molar-refractivity contribution in [3.8, 4) is 0 Å². The number of rotatable bonds is 6. The zero-order chi connectivity index (χ0) is 19.9. The number of aromatic nitrogens is 1. The Kier molecular flexibility index (Phi) is 9.16. The highest BCUT2D eigenvalue weighted by Crippen LogP contribution is 2.22. The Labute approximate surface area is 191 Å². The molecule has 1 aliphatic rings.